The molecule has 7 heteroatoms. The normalized spacial score (nSPS) is 16.9. The average Bonchev–Trinajstić information content (AvgIpc) is 2.98. The lowest BCUT2D eigenvalue weighted by molar-refractivity contribution is -0.0585. The fourth-order valence-electron chi connectivity index (χ4n) is 3.23. The molecule has 2 amide bonds. The summed E-state index contributed by atoms with van der Waals surface area (Å²) < 4.78 is 11.2. The van der Waals surface area contributed by atoms with E-state index in [0.29, 0.717) is 24.9 Å². The average molecular weight is 381 g/mol. The van der Waals surface area contributed by atoms with Gasteiger partial charge in [0.25, 0.3) is 11.8 Å². The van der Waals surface area contributed by atoms with Crippen molar-refractivity contribution in [2.45, 2.75) is 25.6 Å². The number of ether oxygens (including phenoxy) is 2. The molecule has 2 heterocycles. The molecule has 144 valence electrons. The number of hydroxylamine groups is 2. The number of amides is 2. The van der Waals surface area contributed by atoms with Crippen LogP contribution in [0.3, 0.4) is 0 Å². The maximum Gasteiger partial charge on any atom is 0.363 e. The van der Waals surface area contributed by atoms with E-state index in [0.717, 1.165) is 18.4 Å². The molecule has 2 aliphatic rings. The van der Waals surface area contributed by atoms with E-state index in [1.807, 2.05) is 6.07 Å². The minimum atomic E-state index is -0.776. The van der Waals surface area contributed by atoms with Crippen molar-refractivity contribution in [3.8, 4) is 0 Å². The van der Waals surface area contributed by atoms with Gasteiger partial charge in [0.05, 0.1) is 29.4 Å². The van der Waals surface area contributed by atoms with Gasteiger partial charge in [0, 0.05) is 13.2 Å². The SMILES string of the molecule is O=C(ON1C(=O)c2ccccc2C1=O)c1cccc(COC2CCOCC2)c1. The molecular formula is C21H19NO6. The van der Waals surface area contributed by atoms with E-state index in [4.69, 9.17) is 14.3 Å². The summed E-state index contributed by atoms with van der Waals surface area (Å²) in [6, 6.07) is 13.1. The third-order valence-electron chi connectivity index (χ3n) is 4.75. The first-order chi connectivity index (χ1) is 13.6. The Hall–Kier alpha value is -3.03. The van der Waals surface area contributed by atoms with Gasteiger partial charge < -0.3 is 14.3 Å². The third-order valence-corrected chi connectivity index (χ3v) is 4.75. The van der Waals surface area contributed by atoms with E-state index in [1.165, 1.54) is 12.1 Å². The van der Waals surface area contributed by atoms with Crippen LogP contribution in [0.1, 0.15) is 49.5 Å². The van der Waals surface area contributed by atoms with Crippen LogP contribution in [0.2, 0.25) is 0 Å². The second kappa shape index (κ2) is 7.92. The Labute approximate surface area is 161 Å². The molecule has 2 aliphatic heterocycles. The van der Waals surface area contributed by atoms with Crippen LogP contribution in [0.15, 0.2) is 48.5 Å². The van der Waals surface area contributed by atoms with Gasteiger partial charge in [-0.3, -0.25) is 9.59 Å². The number of rotatable bonds is 5. The first-order valence-corrected chi connectivity index (χ1v) is 9.12. The lowest BCUT2D eigenvalue weighted by atomic mass is 10.1. The predicted octanol–water partition coefficient (Wildman–Crippen LogP) is 2.75. The molecule has 4 rings (SSSR count). The quantitative estimate of drug-likeness (QED) is 0.741. The Bertz CT molecular complexity index is 884. The van der Waals surface area contributed by atoms with Crippen molar-refractivity contribution in [1.29, 1.82) is 0 Å². The first kappa shape index (κ1) is 18.3. The van der Waals surface area contributed by atoms with Gasteiger partial charge in [-0.1, -0.05) is 29.3 Å². The molecule has 0 bridgehead atoms. The number of carbonyl (C=O) groups is 3. The number of nitrogens with zero attached hydrogens (tertiary/aromatic N) is 1. The van der Waals surface area contributed by atoms with E-state index in [1.54, 1.807) is 30.3 Å². The number of fused-ring (bicyclic) bond motifs is 1. The van der Waals surface area contributed by atoms with E-state index in [9.17, 15) is 14.4 Å². The largest absolute Gasteiger partial charge is 0.381 e. The summed E-state index contributed by atoms with van der Waals surface area (Å²) in [6.45, 7) is 1.74. The van der Waals surface area contributed by atoms with Gasteiger partial charge in [-0.05, 0) is 42.7 Å². The number of hydrogen-bond acceptors (Lipinski definition) is 6. The van der Waals surface area contributed by atoms with Crippen LogP contribution in [0.5, 0.6) is 0 Å². The molecule has 0 radical (unpaired) electrons. The lowest BCUT2D eigenvalue weighted by Crippen LogP contribution is -2.32. The molecule has 2 aromatic rings. The molecule has 0 aromatic heterocycles. The van der Waals surface area contributed by atoms with Crippen LogP contribution in [0.25, 0.3) is 0 Å². The third kappa shape index (κ3) is 3.67. The summed E-state index contributed by atoms with van der Waals surface area (Å²) in [6.07, 6.45) is 1.84. The van der Waals surface area contributed by atoms with Crippen molar-refractivity contribution in [3.05, 3.63) is 70.8 Å². The fraction of sp³-hybridized carbons (Fsp3) is 0.286. The van der Waals surface area contributed by atoms with Crippen molar-refractivity contribution in [2.75, 3.05) is 13.2 Å². The molecule has 1 fully saturated rings. The van der Waals surface area contributed by atoms with Gasteiger partial charge in [-0.15, -0.1) is 0 Å². The maximum atomic E-state index is 12.5. The number of hydrogen-bond donors (Lipinski definition) is 0. The number of carbonyl (C=O) groups excluding carboxylic acids is 3. The zero-order valence-corrected chi connectivity index (χ0v) is 15.1. The summed E-state index contributed by atoms with van der Waals surface area (Å²) in [5.41, 5.74) is 1.49. The van der Waals surface area contributed by atoms with Crippen molar-refractivity contribution in [3.63, 3.8) is 0 Å². The van der Waals surface area contributed by atoms with Gasteiger partial charge in [0.2, 0.25) is 0 Å². The van der Waals surface area contributed by atoms with Gasteiger partial charge in [-0.2, -0.15) is 0 Å². The highest BCUT2D eigenvalue weighted by Crippen LogP contribution is 2.23. The summed E-state index contributed by atoms with van der Waals surface area (Å²) in [5, 5.41) is 0.512. The summed E-state index contributed by atoms with van der Waals surface area (Å²) >= 11 is 0. The Morgan fingerprint density at radius 3 is 2.36 bits per heavy atom. The van der Waals surface area contributed by atoms with Gasteiger partial charge in [-0.25, -0.2) is 4.79 Å². The Balaban J connectivity index is 1.41. The monoisotopic (exact) mass is 381 g/mol. The molecule has 0 aliphatic carbocycles. The second-order valence-electron chi connectivity index (χ2n) is 6.65. The van der Waals surface area contributed by atoms with E-state index < -0.39 is 17.8 Å². The highest BCUT2D eigenvalue weighted by molar-refractivity contribution is 6.21. The van der Waals surface area contributed by atoms with Crippen molar-refractivity contribution < 1.29 is 28.7 Å². The summed E-state index contributed by atoms with van der Waals surface area (Å²) in [7, 11) is 0. The van der Waals surface area contributed by atoms with E-state index in [2.05, 4.69) is 0 Å². The summed E-state index contributed by atoms with van der Waals surface area (Å²) in [4.78, 5) is 42.2. The summed E-state index contributed by atoms with van der Waals surface area (Å²) in [5.74, 6) is -2.07. The molecule has 0 N–H and O–H groups in total. The van der Waals surface area contributed by atoms with Crippen LogP contribution in [-0.2, 0) is 20.9 Å². The Kier molecular flexibility index (Phi) is 5.18. The van der Waals surface area contributed by atoms with E-state index >= 15 is 0 Å². The first-order valence-electron chi connectivity index (χ1n) is 9.12. The minimum absolute atomic E-state index is 0.141. The standard InChI is InChI=1S/C21H19NO6/c23-19-17-6-1-2-7-18(17)20(24)22(19)28-21(25)15-5-3-4-14(12-15)13-27-16-8-10-26-11-9-16/h1-7,12,16H,8-11,13H2. The van der Waals surface area contributed by atoms with Crippen LogP contribution >= 0.6 is 0 Å². The van der Waals surface area contributed by atoms with Crippen LogP contribution in [0, 0.1) is 0 Å². The topological polar surface area (TPSA) is 82.1 Å². The zero-order valence-electron chi connectivity index (χ0n) is 15.1. The van der Waals surface area contributed by atoms with Crippen molar-refractivity contribution in [2.24, 2.45) is 0 Å². The maximum absolute atomic E-state index is 12.5. The number of imide groups is 1. The highest BCUT2D eigenvalue weighted by atomic mass is 16.7. The van der Waals surface area contributed by atoms with Crippen molar-refractivity contribution >= 4 is 17.8 Å². The second-order valence-corrected chi connectivity index (χ2v) is 6.65. The van der Waals surface area contributed by atoms with Crippen molar-refractivity contribution in [1.82, 2.24) is 5.06 Å². The molecule has 0 spiro atoms. The molecule has 0 unspecified atom stereocenters. The van der Waals surface area contributed by atoms with Crippen LogP contribution < -0.4 is 0 Å². The minimum Gasteiger partial charge on any atom is -0.381 e. The molecule has 0 atom stereocenters. The fourth-order valence-corrected chi connectivity index (χ4v) is 3.23. The zero-order chi connectivity index (χ0) is 19.5. The highest BCUT2D eigenvalue weighted by Gasteiger charge is 2.38. The molecular weight excluding hydrogens is 362 g/mol. The molecule has 2 aromatic carbocycles. The van der Waals surface area contributed by atoms with Gasteiger partial charge in [0.1, 0.15) is 0 Å². The van der Waals surface area contributed by atoms with Crippen LogP contribution in [0.4, 0.5) is 0 Å². The Morgan fingerprint density at radius 2 is 1.68 bits per heavy atom. The Morgan fingerprint density at radius 1 is 1.00 bits per heavy atom. The van der Waals surface area contributed by atoms with E-state index in [-0.39, 0.29) is 22.8 Å². The lowest BCUT2D eigenvalue weighted by Gasteiger charge is -2.22. The molecule has 1 saturated heterocycles. The van der Waals surface area contributed by atoms with Gasteiger partial charge >= 0.3 is 5.97 Å². The smallest absolute Gasteiger partial charge is 0.363 e. The number of benzene rings is 2. The molecule has 7 nitrogen and oxygen atoms in total. The molecule has 0 saturated carbocycles. The van der Waals surface area contributed by atoms with Gasteiger partial charge in [0.15, 0.2) is 0 Å². The van der Waals surface area contributed by atoms with Crippen LogP contribution in [-0.4, -0.2) is 42.2 Å². The molecule has 28 heavy (non-hydrogen) atoms. The predicted molar refractivity (Wildman–Crippen MR) is 97.4 cm³/mol.